The van der Waals surface area contributed by atoms with Crippen LogP contribution in [-0.4, -0.2) is 12.9 Å². The van der Waals surface area contributed by atoms with Gasteiger partial charge in [0.15, 0.2) is 0 Å². The lowest BCUT2D eigenvalue weighted by molar-refractivity contribution is 1.19. The lowest BCUT2D eigenvalue weighted by atomic mass is 10.3. The molecular formula is C9H11N3. The standard InChI is InChI=1S/C9H11N3/c1-8(12-10-2)11-9-6-4-3-5-7-9/h3-7H,1-2H3. The predicted octanol–water partition coefficient (Wildman–Crippen LogP) is 2.82. The fraction of sp³-hybridized carbons (Fsp3) is 0.222. The molecule has 0 radical (unpaired) electrons. The number of hydrogen-bond acceptors (Lipinski definition) is 2. The Kier molecular flexibility index (Phi) is 3.14. The van der Waals surface area contributed by atoms with E-state index >= 15 is 0 Å². The van der Waals surface area contributed by atoms with Gasteiger partial charge in [-0.3, -0.25) is 0 Å². The van der Waals surface area contributed by atoms with Crippen LogP contribution in [-0.2, 0) is 0 Å². The quantitative estimate of drug-likeness (QED) is 0.345. The Labute approximate surface area is 71.9 Å². The molecule has 0 amide bonds. The topological polar surface area (TPSA) is 37.1 Å². The second kappa shape index (κ2) is 4.38. The van der Waals surface area contributed by atoms with E-state index in [2.05, 4.69) is 15.2 Å². The molecular weight excluding hydrogens is 150 g/mol. The highest BCUT2D eigenvalue weighted by Gasteiger charge is 1.87. The first-order valence-corrected chi connectivity index (χ1v) is 3.73. The zero-order chi connectivity index (χ0) is 8.81. The smallest absolute Gasteiger partial charge is 0.148 e. The minimum absolute atomic E-state index is 0.670. The van der Waals surface area contributed by atoms with Gasteiger partial charge in [0.2, 0.25) is 0 Å². The molecule has 0 unspecified atom stereocenters. The SMILES string of the molecule is CN=NC(C)=Nc1ccccc1. The highest BCUT2D eigenvalue weighted by molar-refractivity contribution is 5.82. The Hall–Kier alpha value is -1.51. The highest BCUT2D eigenvalue weighted by atomic mass is 15.1. The molecule has 12 heavy (non-hydrogen) atoms. The molecule has 0 spiro atoms. The van der Waals surface area contributed by atoms with Crippen molar-refractivity contribution in [1.82, 2.24) is 0 Å². The normalized spacial score (nSPS) is 12.3. The van der Waals surface area contributed by atoms with Crippen LogP contribution in [0.4, 0.5) is 5.69 Å². The Morgan fingerprint density at radius 1 is 1.17 bits per heavy atom. The molecule has 1 rings (SSSR count). The third kappa shape index (κ3) is 2.62. The van der Waals surface area contributed by atoms with Crippen molar-refractivity contribution < 1.29 is 0 Å². The van der Waals surface area contributed by atoms with Gasteiger partial charge in [0.25, 0.3) is 0 Å². The van der Waals surface area contributed by atoms with E-state index in [0.717, 1.165) is 5.69 Å². The summed E-state index contributed by atoms with van der Waals surface area (Å²) in [6.45, 7) is 1.82. The van der Waals surface area contributed by atoms with Crippen LogP contribution in [0.15, 0.2) is 45.6 Å². The number of hydrogen-bond donors (Lipinski definition) is 0. The van der Waals surface area contributed by atoms with Crippen molar-refractivity contribution in [1.29, 1.82) is 0 Å². The average molecular weight is 161 g/mol. The predicted molar refractivity (Wildman–Crippen MR) is 50.0 cm³/mol. The molecule has 3 nitrogen and oxygen atoms in total. The minimum Gasteiger partial charge on any atom is -0.232 e. The van der Waals surface area contributed by atoms with Gasteiger partial charge in [-0.1, -0.05) is 18.2 Å². The van der Waals surface area contributed by atoms with Crippen molar-refractivity contribution in [2.24, 2.45) is 15.2 Å². The maximum Gasteiger partial charge on any atom is 0.148 e. The van der Waals surface area contributed by atoms with Gasteiger partial charge in [-0.15, -0.1) is 5.11 Å². The number of benzene rings is 1. The van der Waals surface area contributed by atoms with Crippen LogP contribution < -0.4 is 0 Å². The Bertz CT molecular complexity index is 288. The van der Waals surface area contributed by atoms with E-state index in [1.165, 1.54) is 0 Å². The van der Waals surface area contributed by atoms with Gasteiger partial charge < -0.3 is 0 Å². The van der Waals surface area contributed by atoms with E-state index in [4.69, 9.17) is 0 Å². The van der Waals surface area contributed by atoms with Crippen molar-refractivity contribution in [3.63, 3.8) is 0 Å². The first kappa shape index (κ1) is 8.59. The molecule has 0 fully saturated rings. The first-order valence-electron chi connectivity index (χ1n) is 3.73. The highest BCUT2D eigenvalue weighted by Crippen LogP contribution is 2.09. The molecule has 0 N–H and O–H groups in total. The molecule has 0 bridgehead atoms. The number of para-hydroxylation sites is 1. The summed E-state index contributed by atoms with van der Waals surface area (Å²) in [5.41, 5.74) is 0.905. The Morgan fingerprint density at radius 2 is 1.83 bits per heavy atom. The third-order valence-electron chi connectivity index (χ3n) is 1.29. The van der Waals surface area contributed by atoms with Gasteiger partial charge in [0.1, 0.15) is 5.84 Å². The van der Waals surface area contributed by atoms with Crippen molar-refractivity contribution in [3.8, 4) is 0 Å². The molecule has 0 saturated heterocycles. The lowest BCUT2D eigenvalue weighted by Crippen LogP contribution is -1.81. The maximum atomic E-state index is 4.20. The monoisotopic (exact) mass is 161 g/mol. The molecule has 0 saturated carbocycles. The largest absolute Gasteiger partial charge is 0.232 e. The molecule has 0 aliphatic carbocycles. The van der Waals surface area contributed by atoms with E-state index in [-0.39, 0.29) is 0 Å². The van der Waals surface area contributed by atoms with E-state index in [9.17, 15) is 0 Å². The van der Waals surface area contributed by atoms with Crippen LogP contribution in [0, 0.1) is 0 Å². The summed E-state index contributed by atoms with van der Waals surface area (Å²) < 4.78 is 0. The van der Waals surface area contributed by atoms with Crippen LogP contribution >= 0.6 is 0 Å². The van der Waals surface area contributed by atoms with Gasteiger partial charge in [-0.05, 0) is 19.1 Å². The lowest BCUT2D eigenvalue weighted by Gasteiger charge is -1.91. The van der Waals surface area contributed by atoms with Crippen molar-refractivity contribution >= 4 is 11.5 Å². The number of azo groups is 1. The molecule has 3 heteroatoms. The number of amidine groups is 1. The zero-order valence-electron chi connectivity index (χ0n) is 7.23. The van der Waals surface area contributed by atoms with Crippen molar-refractivity contribution in [3.05, 3.63) is 30.3 Å². The molecule has 1 aromatic carbocycles. The van der Waals surface area contributed by atoms with Crippen LogP contribution in [0.3, 0.4) is 0 Å². The fourth-order valence-corrected chi connectivity index (χ4v) is 0.856. The zero-order valence-corrected chi connectivity index (χ0v) is 7.23. The van der Waals surface area contributed by atoms with Gasteiger partial charge in [-0.25, -0.2) is 4.99 Å². The fourth-order valence-electron chi connectivity index (χ4n) is 0.856. The summed E-state index contributed by atoms with van der Waals surface area (Å²) in [7, 11) is 1.63. The number of aliphatic imine (C=N–C) groups is 1. The van der Waals surface area contributed by atoms with E-state index in [1.807, 2.05) is 37.3 Å². The molecule has 0 aliphatic heterocycles. The third-order valence-corrected chi connectivity index (χ3v) is 1.29. The molecule has 0 atom stereocenters. The Balaban J connectivity index is 2.81. The summed E-state index contributed by atoms with van der Waals surface area (Å²) in [4.78, 5) is 4.20. The molecule has 0 aliphatic rings. The van der Waals surface area contributed by atoms with Crippen LogP contribution in [0.2, 0.25) is 0 Å². The summed E-state index contributed by atoms with van der Waals surface area (Å²) in [5.74, 6) is 0.670. The summed E-state index contributed by atoms with van der Waals surface area (Å²) >= 11 is 0. The van der Waals surface area contributed by atoms with Crippen molar-refractivity contribution in [2.45, 2.75) is 6.92 Å². The number of rotatable bonds is 1. The second-order valence-corrected chi connectivity index (χ2v) is 2.29. The van der Waals surface area contributed by atoms with E-state index in [1.54, 1.807) is 7.05 Å². The summed E-state index contributed by atoms with van der Waals surface area (Å²) in [6, 6.07) is 9.68. The maximum absolute atomic E-state index is 4.20. The molecule has 0 aromatic heterocycles. The molecule has 0 heterocycles. The van der Waals surface area contributed by atoms with Crippen LogP contribution in [0.5, 0.6) is 0 Å². The van der Waals surface area contributed by atoms with Crippen LogP contribution in [0.1, 0.15) is 6.92 Å². The second-order valence-electron chi connectivity index (χ2n) is 2.29. The minimum atomic E-state index is 0.670. The van der Waals surface area contributed by atoms with E-state index in [0.29, 0.717) is 5.84 Å². The summed E-state index contributed by atoms with van der Waals surface area (Å²) in [6.07, 6.45) is 0. The average Bonchev–Trinajstić information content (AvgIpc) is 2.06. The van der Waals surface area contributed by atoms with Crippen molar-refractivity contribution in [2.75, 3.05) is 7.05 Å². The number of nitrogens with zero attached hydrogens (tertiary/aromatic N) is 3. The van der Waals surface area contributed by atoms with Gasteiger partial charge in [0, 0.05) is 7.05 Å². The summed E-state index contributed by atoms with van der Waals surface area (Å²) in [5, 5.41) is 7.42. The molecule has 1 aromatic rings. The van der Waals surface area contributed by atoms with E-state index < -0.39 is 0 Å². The van der Waals surface area contributed by atoms with Gasteiger partial charge >= 0.3 is 0 Å². The van der Waals surface area contributed by atoms with Gasteiger partial charge in [-0.2, -0.15) is 5.11 Å². The van der Waals surface area contributed by atoms with Gasteiger partial charge in [0.05, 0.1) is 5.69 Å². The van der Waals surface area contributed by atoms with Crippen LogP contribution in [0.25, 0.3) is 0 Å². The Morgan fingerprint density at radius 3 is 2.42 bits per heavy atom. The molecule has 62 valence electrons. The first-order chi connectivity index (χ1) is 5.83.